The fourth-order valence-electron chi connectivity index (χ4n) is 3.93. The zero-order valence-corrected chi connectivity index (χ0v) is 20.5. The fourth-order valence-corrected chi connectivity index (χ4v) is 4.33. The van der Waals surface area contributed by atoms with Crippen LogP contribution in [-0.2, 0) is 22.6 Å². The van der Waals surface area contributed by atoms with Crippen molar-refractivity contribution in [3.63, 3.8) is 0 Å². The van der Waals surface area contributed by atoms with Crippen molar-refractivity contribution < 1.29 is 19.4 Å². The third-order valence-corrected chi connectivity index (χ3v) is 6.54. The molecule has 1 unspecified atom stereocenters. The molecule has 0 bridgehead atoms. The highest BCUT2D eigenvalue weighted by Gasteiger charge is 2.14. The number of carboxylic acid groups (broad SMARTS) is 1. The molecule has 0 aliphatic heterocycles. The van der Waals surface area contributed by atoms with Gasteiger partial charge in [0, 0.05) is 10.3 Å². The van der Waals surface area contributed by atoms with Crippen LogP contribution in [0.3, 0.4) is 0 Å². The van der Waals surface area contributed by atoms with E-state index in [0.717, 1.165) is 47.2 Å². The smallest absolute Gasteiger partial charge is 0.329 e. The average Bonchev–Trinajstić information content (AvgIpc) is 2.90. The van der Waals surface area contributed by atoms with Gasteiger partial charge in [0.1, 0.15) is 19.0 Å². The lowest BCUT2D eigenvalue weighted by Crippen LogP contribution is -2.12. The van der Waals surface area contributed by atoms with E-state index in [4.69, 9.17) is 14.6 Å². The zero-order chi connectivity index (χ0) is 24.5. The van der Waals surface area contributed by atoms with Gasteiger partial charge >= 0.3 is 5.97 Å². The third-order valence-electron chi connectivity index (χ3n) is 5.79. The van der Waals surface area contributed by atoms with Crippen LogP contribution in [0.4, 0.5) is 0 Å². The molecule has 1 aromatic heterocycles. The van der Waals surface area contributed by atoms with Gasteiger partial charge in [0.25, 0.3) is 0 Å². The van der Waals surface area contributed by atoms with Gasteiger partial charge < -0.3 is 14.6 Å². The van der Waals surface area contributed by atoms with Crippen LogP contribution in [0.15, 0.2) is 89.8 Å². The maximum absolute atomic E-state index is 11.1. The van der Waals surface area contributed by atoms with Crippen molar-refractivity contribution in [3.05, 3.63) is 102 Å². The number of fused-ring (bicyclic) bond motifs is 1. The molecule has 0 aliphatic rings. The summed E-state index contributed by atoms with van der Waals surface area (Å²) in [4.78, 5) is 17.0. The van der Waals surface area contributed by atoms with Crippen LogP contribution >= 0.6 is 11.8 Å². The van der Waals surface area contributed by atoms with Crippen molar-refractivity contribution in [3.8, 4) is 5.75 Å². The van der Waals surface area contributed by atoms with Gasteiger partial charge in [-0.1, -0.05) is 48.5 Å². The second kappa shape index (κ2) is 12.4. The minimum absolute atomic E-state index is 0.284. The number of carboxylic acids is 1. The predicted molar refractivity (Wildman–Crippen MR) is 140 cm³/mol. The highest BCUT2D eigenvalue weighted by molar-refractivity contribution is 7.98. The summed E-state index contributed by atoms with van der Waals surface area (Å²) in [5, 5.41) is 10.2. The van der Waals surface area contributed by atoms with Crippen LogP contribution in [0.2, 0.25) is 0 Å². The summed E-state index contributed by atoms with van der Waals surface area (Å²) in [5.41, 5.74) is 4.02. The van der Waals surface area contributed by atoms with Crippen LogP contribution in [0, 0.1) is 0 Å². The number of aromatic nitrogens is 1. The Balaban J connectivity index is 1.35. The highest BCUT2D eigenvalue weighted by Crippen LogP contribution is 2.27. The van der Waals surface area contributed by atoms with Gasteiger partial charge in [-0.2, -0.15) is 0 Å². The fraction of sp³-hybridized carbons (Fsp3) is 0.241. The van der Waals surface area contributed by atoms with Crippen molar-refractivity contribution in [2.45, 2.75) is 36.9 Å². The normalized spacial score (nSPS) is 11.9. The first-order chi connectivity index (χ1) is 17.1. The Morgan fingerprint density at radius 2 is 1.74 bits per heavy atom. The monoisotopic (exact) mass is 487 g/mol. The van der Waals surface area contributed by atoms with Crippen LogP contribution in [0.25, 0.3) is 10.9 Å². The molecule has 6 heteroatoms. The molecule has 0 amide bonds. The standard InChI is InChI=1S/C29H29NO4S/c1-35-26-17-9-21(10-18-26)5-4-8-28(34-20-29(31)32)23-12-15-25(16-13-23)33-19-24-14-11-22-6-2-3-7-27(22)30-24/h2-3,6-7,9-18,28H,4-5,8,19-20H2,1H3,(H,31,32). The third kappa shape index (κ3) is 7.31. The van der Waals surface area contributed by atoms with E-state index in [-0.39, 0.29) is 12.7 Å². The van der Waals surface area contributed by atoms with Crippen molar-refractivity contribution in [2.24, 2.45) is 0 Å². The van der Waals surface area contributed by atoms with Crippen LogP contribution in [0.1, 0.15) is 35.8 Å². The molecule has 0 aliphatic carbocycles. The van der Waals surface area contributed by atoms with Gasteiger partial charge in [-0.25, -0.2) is 9.78 Å². The molecule has 35 heavy (non-hydrogen) atoms. The Hall–Kier alpha value is -3.35. The van der Waals surface area contributed by atoms with Crippen LogP contribution < -0.4 is 4.74 Å². The topological polar surface area (TPSA) is 68.7 Å². The SMILES string of the molecule is CSc1ccc(CCCC(OCC(=O)O)c2ccc(OCc3ccc4ccccc4n3)cc2)cc1. The van der Waals surface area contributed by atoms with Gasteiger partial charge in [-0.05, 0) is 73.0 Å². The predicted octanol–water partition coefficient (Wildman–Crippen LogP) is 6.70. The minimum atomic E-state index is -0.967. The Morgan fingerprint density at radius 1 is 0.971 bits per heavy atom. The minimum Gasteiger partial charge on any atom is -0.487 e. The van der Waals surface area contributed by atoms with Gasteiger partial charge in [0.15, 0.2) is 0 Å². The summed E-state index contributed by atoms with van der Waals surface area (Å²) in [6.45, 7) is 0.0530. The summed E-state index contributed by atoms with van der Waals surface area (Å²) in [6.07, 6.45) is 4.33. The van der Waals surface area contributed by atoms with E-state index in [9.17, 15) is 4.79 Å². The summed E-state index contributed by atoms with van der Waals surface area (Å²) in [7, 11) is 0. The van der Waals surface area contributed by atoms with E-state index in [1.54, 1.807) is 11.8 Å². The number of pyridine rings is 1. The van der Waals surface area contributed by atoms with E-state index in [0.29, 0.717) is 6.61 Å². The molecule has 0 saturated heterocycles. The van der Waals surface area contributed by atoms with Gasteiger partial charge in [-0.3, -0.25) is 0 Å². The molecular weight excluding hydrogens is 458 g/mol. The number of aryl methyl sites for hydroxylation is 1. The molecule has 1 N–H and O–H groups in total. The number of aliphatic carboxylic acids is 1. The van der Waals surface area contributed by atoms with Gasteiger partial charge in [-0.15, -0.1) is 11.8 Å². The number of benzene rings is 3. The Kier molecular flexibility index (Phi) is 8.76. The molecule has 0 fully saturated rings. The number of hydrogen-bond acceptors (Lipinski definition) is 5. The number of para-hydroxylation sites is 1. The van der Waals surface area contributed by atoms with Crippen molar-refractivity contribution in [1.29, 1.82) is 0 Å². The van der Waals surface area contributed by atoms with E-state index in [2.05, 4.69) is 35.5 Å². The largest absolute Gasteiger partial charge is 0.487 e. The molecule has 0 saturated carbocycles. The number of ether oxygens (including phenoxy) is 2. The van der Waals surface area contributed by atoms with E-state index >= 15 is 0 Å². The van der Waals surface area contributed by atoms with Crippen molar-refractivity contribution in [1.82, 2.24) is 4.98 Å². The molecule has 180 valence electrons. The second-order valence-electron chi connectivity index (χ2n) is 8.29. The molecule has 3 aromatic carbocycles. The molecule has 5 nitrogen and oxygen atoms in total. The molecule has 1 atom stereocenters. The molecule has 4 aromatic rings. The first-order valence-electron chi connectivity index (χ1n) is 11.6. The number of hydrogen-bond donors (Lipinski definition) is 1. The summed E-state index contributed by atoms with van der Waals surface area (Å²) >= 11 is 1.73. The Bertz CT molecular complexity index is 1240. The van der Waals surface area contributed by atoms with E-state index in [1.807, 2.05) is 60.7 Å². The van der Waals surface area contributed by atoms with E-state index < -0.39 is 5.97 Å². The van der Waals surface area contributed by atoms with Crippen LogP contribution in [-0.4, -0.2) is 28.9 Å². The molecule has 0 radical (unpaired) electrons. The lowest BCUT2D eigenvalue weighted by Gasteiger charge is -2.18. The molecule has 4 rings (SSSR count). The van der Waals surface area contributed by atoms with E-state index in [1.165, 1.54) is 10.5 Å². The quantitative estimate of drug-likeness (QED) is 0.224. The number of rotatable bonds is 12. The lowest BCUT2D eigenvalue weighted by molar-refractivity contribution is -0.144. The molecule has 0 spiro atoms. The summed E-state index contributed by atoms with van der Waals surface area (Å²) in [5.74, 6) is -0.236. The number of thioether (sulfide) groups is 1. The maximum atomic E-state index is 11.1. The first-order valence-corrected chi connectivity index (χ1v) is 12.9. The number of nitrogens with zero attached hydrogens (tertiary/aromatic N) is 1. The molecular formula is C29H29NO4S. The number of carbonyl (C=O) groups is 1. The first kappa shape index (κ1) is 24.8. The van der Waals surface area contributed by atoms with Crippen molar-refractivity contribution in [2.75, 3.05) is 12.9 Å². The van der Waals surface area contributed by atoms with Gasteiger partial charge in [0.05, 0.1) is 17.3 Å². The summed E-state index contributed by atoms with van der Waals surface area (Å²) < 4.78 is 11.7. The van der Waals surface area contributed by atoms with Crippen molar-refractivity contribution >= 4 is 28.6 Å². The average molecular weight is 488 g/mol. The second-order valence-corrected chi connectivity index (χ2v) is 9.17. The lowest BCUT2D eigenvalue weighted by atomic mass is 10.0. The zero-order valence-electron chi connectivity index (χ0n) is 19.7. The van der Waals surface area contributed by atoms with Crippen LogP contribution in [0.5, 0.6) is 5.75 Å². The Morgan fingerprint density at radius 3 is 2.49 bits per heavy atom. The summed E-state index contributed by atoms with van der Waals surface area (Å²) in [6, 6.07) is 28.3. The van der Waals surface area contributed by atoms with Gasteiger partial charge in [0.2, 0.25) is 0 Å². The molecule has 1 heterocycles. The highest BCUT2D eigenvalue weighted by atomic mass is 32.2. The maximum Gasteiger partial charge on any atom is 0.329 e. The Labute approximate surface area is 210 Å².